The van der Waals surface area contributed by atoms with E-state index in [0.717, 1.165) is 35.6 Å². The maximum absolute atomic E-state index is 13.3. The first-order valence-corrected chi connectivity index (χ1v) is 11.8. The predicted molar refractivity (Wildman–Crippen MR) is 128 cm³/mol. The quantitative estimate of drug-likeness (QED) is 0.724. The molecule has 2 aromatic carbocycles. The molecular formula is C26H33N3O4. The highest BCUT2D eigenvalue weighted by atomic mass is 16.5. The summed E-state index contributed by atoms with van der Waals surface area (Å²) in [6, 6.07) is 15.6. The van der Waals surface area contributed by atoms with Crippen LogP contribution in [0.25, 0.3) is 0 Å². The van der Waals surface area contributed by atoms with E-state index in [1.807, 2.05) is 58.3 Å². The summed E-state index contributed by atoms with van der Waals surface area (Å²) in [5, 5.41) is 3.06. The Labute approximate surface area is 195 Å². The van der Waals surface area contributed by atoms with Crippen molar-refractivity contribution >= 4 is 17.6 Å². The van der Waals surface area contributed by atoms with Crippen LogP contribution in [0.1, 0.15) is 31.7 Å². The number of benzene rings is 2. The Morgan fingerprint density at radius 2 is 1.82 bits per heavy atom. The van der Waals surface area contributed by atoms with E-state index in [4.69, 9.17) is 9.47 Å². The van der Waals surface area contributed by atoms with Gasteiger partial charge in [0.1, 0.15) is 17.6 Å². The average molecular weight is 452 g/mol. The van der Waals surface area contributed by atoms with E-state index in [1.54, 1.807) is 7.11 Å². The fourth-order valence-electron chi connectivity index (χ4n) is 4.57. The number of amides is 3. The minimum absolute atomic E-state index is 0.000712. The van der Waals surface area contributed by atoms with Crippen molar-refractivity contribution in [1.29, 1.82) is 0 Å². The lowest BCUT2D eigenvalue weighted by molar-refractivity contribution is -0.126. The number of piperidine rings is 1. The Bertz CT molecular complexity index is 972. The zero-order valence-corrected chi connectivity index (χ0v) is 19.5. The van der Waals surface area contributed by atoms with Gasteiger partial charge in [-0.25, -0.2) is 4.79 Å². The van der Waals surface area contributed by atoms with Crippen LogP contribution in [0.3, 0.4) is 0 Å². The molecule has 2 heterocycles. The number of fused-ring (bicyclic) bond motifs is 1. The molecule has 0 unspecified atom stereocenters. The minimum Gasteiger partial charge on any atom is -0.496 e. The van der Waals surface area contributed by atoms with Gasteiger partial charge in [-0.15, -0.1) is 0 Å². The summed E-state index contributed by atoms with van der Waals surface area (Å²) in [4.78, 5) is 29.7. The fourth-order valence-corrected chi connectivity index (χ4v) is 4.57. The molecule has 2 aromatic rings. The minimum atomic E-state index is -0.0629. The summed E-state index contributed by atoms with van der Waals surface area (Å²) in [5.74, 6) is 1.61. The molecular weight excluding hydrogens is 418 g/mol. The summed E-state index contributed by atoms with van der Waals surface area (Å²) < 4.78 is 11.4. The molecule has 0 aromatic heterocycles. The molecule has 2 aliphatic heterocycles. The number of hydrogen-bond acceptors (Lipinski definition) is 4. The van der Waals surface area contributed by atoms with Crippen LogP contribution in [-0.2, 0) is 11.2 Å². The second kappa shape index (κ2) is 10.6. The maximum Gasteiger partial charge on any atom is 0.324 e. The summed E-state index contributed by atoms with van der Waals surface area (Å²) in [6.07, 6.45) is 2.91. The number of nitrogens with one attached hydrogen (secondary N) is 1. The monoisotopic (exact) mass is 451 g/mol. The molecule has 7 nitrogen and oxygen atoms in total. The summed E-state index contributed by atoms with van der Waals surface area (Å²) in [7, 11) is 1.66. The first-order valence-electron chi connectivity index (χ1n) is 11.8. The van der Waals surface area contributed by atoms with Crippen molar-refractivity contribution in [1.82, 2.24) is 10.2 Å². The topological polar surface area (TPSA) is 71.1 Å². The van der Waals surface area contributed by atoms with Crippen molar-refractivity contribution in [2.75, 3.05) is 38.2 Å². The highest BCUT2D eigenvalue weighted by Crippen LogP contribution is 2.35. The van der Waals surface area contributed by atoms with Gasteiger partial charge in [-0.1, -0.05) is 37.3 Å². The Morgan fingerprint density at radius 3 is 2.58 bits per heavy atom. The molecule has 1 atom stereocenters. The lowest BCUT2D eigenvalue weighted by atomic mass is 9.96. The first-order chi connectivity index (χ1) is 16.1. The molecule has 1 saturated heterocycles. The van der Waals surface area contributed by atoms with Gasteiger partial charge >= 0.3 is 6.03 Å². The Hall–Kier alpha value is -3.22. The highest BCUT2D eigenvalue weighted by molar-refractivity contribution is 5.94. The number of para-hydroxylation sites is 3. The second-order valence-corrected chi connectivity index (χ2v) is 8.62. The second-order valence-electron chi connectivity index (χ2n) is 8.62. The molecule has 4 rings (SSSR count). The molecule has 0 spiro atoms. The Morgan fingerprint density at radius 1 is 1.09 bits per heavy atom. The number of hydrogen-bond donors (Lipinski definition) is 1. The fraction of sp³-hybridized carbons (Fsp3) is 0.462. The van der Waals surface area contributed by atoms with Gasteiger partial charge < -0.3 is 19.7 Å². The molecule has 0 bridgehead atoms. The number of rotatable bonds is 6. The van der Waals surface area contributed by atoms with Gasteiger partial charge in [0, 0.05) is 25.6 Å². The van der Waals surface area contributed by atoms with E-state index in [0.29, 0.717) is 39.0 Å². The molecule has 1 fully saturated rings. The van der Waals surface area contributed by atoms with Crippen molar-refractivity contribution in [2.45, 2.75) is 38.7 Å². The normalized spacial score (nSPS) is 18.3. The van der Waals surface area contributed by atoms with Gasteiger partial charge in [0.2, 0.25) is 5.91 Å². The van der Waals surface area contributed by atoms with Gasteiger partial charge in [0.05, 0.1) is 19.3 Å². The Kier molecular flexibility index (Phi) is 7.37. The standard InChI is InChI=1S/C26H33N3O4/c1-3-21-18-29(22-9-5-7-11-24(22)33-21)26(31)28-16-13-20(14-17-28)25(30)27-15-12-19-8-4-6-10-23(19)32-2/h4-11,20-21H,3,12-18H2,1-2H3,(H,27,30)/t21-/m0/s1. The van der Waals surface area contributed by atoms with Crippen LogP contribution in [0, 0.1) is 5.92 Å². The van der Waals surface area contributed by atoms with E-state index in [1.165, 1.54) is 0 Å². The summed E-state index contributed by atoms with van der Waals surface area (Å²) >= 11 is 0. The number of anilines is 1. The molecule has 33 heavy (non-hydrogen) atoms. The zero-order chi connectivity index (χ0) is 23.2. The molecule has 1 N–H and O–H groups in total. The largest absolute Gasteiger partial charge is 0.496 e. The highest BCUT2D eigenvalue weighted by Gasteiger charge is 2.34. The third-order valence-electron chi connectivity index (χ3n) is 6.54. The van der Waals surface area contributed by atoms with Gasteiger partial charge in [-0.3, -0.25) is 9.69 Å². The number of carbonyl (C=O) groups excluding carboxylic acids is 2. The van der Waals surface area contributed by atoms with Crippen LogP contribution in [0.2, 0.25) is 0 Å². The molecule has 0 saturated carbocycles. The lowest BCUT2D eigenvalue weighted by Gasteiger charge is -2.39. The van der Waals surface area contributed by atoms with Crippen LogP contribution < -0.4 is 19.7 Å². The molecule has 0 aliphatic carbocycles. The molecule has 0 radical (unpaired) electrons. The van der Waals surface area contributed by atoms with Crippen molar-refractivity contribution < 1.29 is 19.1 Å². The van der Waals surface area contributed by atoms with Crippen molar-refractivity contribution in [2.24, 2.45) is 5.92 Å². The summed E-state index contributed by atoms with van der Waals surface area (Å²) in [5.41, 5.74) is 1.90. The smallest absolute Gasteiger partial charge is 0.324 e. The van der Waals surface area contributed by atoms with Crippen molar-refractivity contribution in [3.63, 3.8) is 0 Å². The van der Waals surface area contributed by atoms with Crippen LogP contribution >= 0.6 is 0 Å². The lowest BCUT2D eigenvalue weighted by Crippen LogP contribution is -2.52. The number of nitrogens with zero attached hydrogens (tertiary/aromatic N) is 2. The number of carbonyl (C=O) groups is 2. The van der Waals surface area contributed by atoms with Crippen LogP contribution in [0.15, 0.2) is 48.5 Å². The molecule has 176 valence electrons. The number of urea groups is 1. The average Bonchev–Trinajstić information content (AvgIpc) is 2.87. The van der Waals surface area contributed by atoms with Crippen LogP contribution in [0.5, 0.6) is 11.5 Å². The van der Waals surface area contributed by atoms with E-state index < -0.39 is 0 Å². The van der Waals surface area contributed by atoms with Gasteiger partial charge in [-0.05, 0) is 49.4 Å². The molecule has 7 heteroatoms. The first kappa shape index (κ1) is 23.0. The van der Waals surface area contributed by atoms with Gasteiger partial charge in [0.25, 0.3) is 0 Å². The van der Waals surface area contributed by atoms with E-state index in [9.17, 15) is 9.59 Å². The van der Waals surface area contributed by atoms with Gasteiger partial charge in [0.15, 0.2) is 0 Å². The SMILES string of the molecule is CC[C@H]1CN(C(=O)N2CCC(C(=O)NCCc3ccccc3OC)CC2)c2ccccc2O1. The van der Waals surface area contributed by atoms with E-state index >= 15 is 0 Å². The van der Waals surface area contributed by atoms with Gasteiger partial charge in [-0.2, -0.15) is 0 Å². The maximum atomic E-state index is 13.3. The molecule has 2 aliphatic rings. The number of ether oxygens (including phenoxy) is 2. The number of methoxy groups -OCH3 is 1. The van der Waals surface area contributed by atoms with Crippen LogP contribution in [-0.4, -0.2) is 56.2 Å². The molecule has 3 amide bonds. The third kappa shape index (κ3) is 5.24. The third-order valence-corrected chi connectivity index (χ3v) is 6.54. The predicted octanol–water partition coefficient (Wildman–Crippen LogP) is 3.86. The van der Waals surface area contributed by atoms with Crippen molar-refractivity contribution in [3.05, 3.63) is 54.1 Å². The number of likely N-dealkylation sites (tertiary alicyclic amines) is 1. The van der Waals surface area contributed by atoms with Crippen molar-refractivity contribution in [3.8, 4) is 11.5 Å². The van der Waals surface area contributed by atoms with E-state index in [2.05, 4.69) is 12.2 Å². The Balaban J connectivity index is 1.29. The van der Waals surface area contributed by atoms with E-state index in [-0.39, 0.29) is 24.0 Å². The summed E-state index contributed by atoms with van der Waals surface area (Å²) in [6.45, 7) is 4.36. The zero-order valence-electron chi connectivity index (χ0n) is 19.5. The van der Waals surface area contributed by atoms with Crippen LogP contribution in [0.4, 0.5) is 10.5 Å².